The normalized spacial score (nSPS) is 26.6. The van der Waals surface area contributed by atoms with Gasteiger partial charge in [-0.3, -0.25) is 0 Å². The fraction of sp³-hybridized carbons (Fsp3) is 0.500. The number of benzene rings is 2. The molecule has 0 spiro atoms. The molecule has 8 nitrogen and oxygen atoms in total. The third-order valence-electron chi connectivity index (χ3n) is 6.83. The molecular formula is C24H26Br2N2O6S. The van der Waals surface area contributed by atoms with E-state index < -0.39 is 9.84 Å². The van der Waals surface area contributed by atoms with Crippen LogP contribution in [0.4, 0.5) is 11.4 Å². The van der Waals surface area contributed by atoms with Crippen LogP contribution in [0.3, 0.4) is 0 Å². The van der Waals surface area contributed by atoms with Gasteiger partial charge in [-0.15, -0.1) is 0 Å². The molecule has 0 radical (unpaired) electrons. The molecule has 4 aliphatic rings. The van der Waals surface area contributed by atoms with E-state index in [1.165, 1.54) is 0 Å². The predicted octanol–water partition coefficient (Wildman–Crippen LogP) is 2.97. The van der Waals surface area contributed by atoms with Crippen LogP contribution in [0.1, 0.15) is 22.3 Å². The molecule has 35 heavy (non-hydrogen) atoms. The molecule has 0 amide bonds. The molecule has 2 aromatic carbocycles. The Hall–Kier alpha value is -1.21. The Morgan fingerprint density at radius 1 is 0.771 bits per heavy atom. The number of sulfone groups is 1. The van der Waals surface area contributed by atoms with Crippen molar-refractivity contribution >= 4 is 53.1 Å². The predicted molar refractivity (Wildman–Crippen MR) is 136 cm³/mol. The molecule has 4 unspecified atom stereocenters. The van der Waals surface area contributed by atoms with Gasteiger partial charge in [0.05, 0.1) is 60.6 Å². The fourth-order valence-electron chi connectivity index (χ4n) is 4.64. The third-order valence-corrected chi connectivity index (χ3v) is 10.4. The minimum atomic E-state index is -3.98. The lowest BCUT2D eigenvalue weighted by Gasteiger charge is -2.24. The monoisotopic (exact) mass is 628 g/mol. The van der Waals surface area contributed by atoms with Crippen LogP contribution in [-0.4, -0.2) is 59.3 Å². The number of rotatable bonds is 10. The van der Waals surface area contributed by atoms with E-state index in [4.69, 9.17) is 30.4 Å². The van der Waals surface area contributed by atoms with E-state index in [1.807, 2.05) is 0 Å². The van der Waals surface area contributed by atoms with Crippen molar-refractivity contribution < 1.29 is 27.4 Å². The SMILES string of the molecule is Nc1cc(CC2CO2)c(S(=O)(=O)c2c(CC3CO3)c(Br)c(N)c(CC3CO3)c2CC2CO2)cc1Br. The van der Waals surface area contributed by atoms with Crippen molar-refractivity contribution in [3.63, 3.8) is 0 Å². The summed E-state index contributed by atoms with van der Waals surface area (Å²) in [6.45, 7) is 2.46. The lowest BCUT2D eigenvalue weighted by molar-refractivity contribution is 0.399. The van der Waals surface area contributed by atoms with Crippen molar-refractivity contribution in [3.8, 4) is 0 Å². The number of nitrogens with two attached hydrogens (primary N) is 2. The zero-order chi connectivity index (χ0) is 24.5. The van der Waals surface area contributed by atoms with Crippen LogP contribution in [0.2, 0.25) is 0 Å². The summed E-state index contributed by atoms with van der Waals surface area (Å²) in [4.78, 5) is 0.533. The number of halogens is 2. The van der Waals surface area contributed by atoms with E-state index in [9.17, 15) is 8.42 Å². The van der Waals surface area contributed by atoms with Crippen LogP contribution in [-0.2, 0) is 54.5 Å². The number of epoxide rings is 4. The van der Waals surface area contributed by atoms with Gasteiger partial charge in [-0.2, -0.15) is 0 Å². The van der Waals surface area contributed by atoms with Gasteiger partial charge in [0.25, 0.3) is 0 Å². The van der Waals surface area contributed by atoms with Crippen molar-refractivity contribution in [2.24, 2.45) is 0 Å². The maximum Gasteiger partial charge on any atom is 0.207 e. The molecule has 4 atom stereocenters. The zero-order valence-electron chi connectivity index (χ0n) is 18.9. The second-order valence-corrected chi connectivity index (χ2v) is 13.1. The Balaban J connectivity index is 1.58. The Labute approximate surface area is 220 Å². The van der Waals surface area contributed by atoms with Crippen LogP contribution < -0.4 is 11.5 Å². The Bertz CT molecular complexity index is 1300. The van der Waals surface area contributed by atoms with Gasteiger partial charge in [-0.05, 0) is 66.2 Å². The van der Waals surface area contributed by atoms with Gasteiger partial charge < -0.3 is 30.4 Å². The van der Waals surface area contributed by atoms with E-state index >= 15 is 0 Å². The Kier molecular flexibility index (Phi) is 6.19. The molecule has 188 valence electrons. The van der Waals surface area contributed by atoms with Gasteiger partial charge in [0.2, 0.25) is 9.84 Å². The summed E-state index contributed by atoms with van der Waals surface area (Å²) in [5, 5.41) is 0. The summed E-state index contributed by atoms with van der Waals surface area (Å²) in [7, 11) is -3.98. The standard InChI is InChI=1S/C24H26Br2N2O6S/c25-19-6-21(11(2-20(19)27)1-12-7-31-12)35(29,30)24-17(4-14-9-33-14)16(3-13-8-32-13)23(28)22(26)18(24)5-15-10-34-15/h2,6,12-15H,1,3-5,7-10,27-28H2. The number of anilines is 2. The van der Waals surface area contributed by atoms with E-state index in [2.05, 4.69) is 31.9 Å². The van der Waals surface area contributed by atoms with Gasteiger partial charge in [0.15, 0.2) is 0 Å². The molecule has 0 bridgehead atoms. The topological polar surface area (TPSA) is 136 Å². The second-order valence-electron chi connectivity index (χ2n) is 9.62. The highest BCUT2D eigenvalue weighted by atomic mass is 79.9. The number of nitrogen functional groups attached to an aromatic ring is 2. The van der Waals surface area contributed by atoms with E-state index in [-0.39, 0.29) is 29.3 Å². The first kappa shape index (κ1) is 24.1. The average Bonchev–Trinajstić information content (AvgIpc) is 3.62. The van der Waals surface area contributed by atoms with Crippen molar-refractivity contribution in [3.05, 3.63) is 43.3 Å². The van der Waals surface area contributed by atoms with Crippen molar-refractivity contribution in [1.29, 1.82) is 0 Å². The average molecular weight is 630 g/mol. The number of hydrogen-bond acceptors (Lipinski definition) is 8. The summed E-state index contributed by atoms with van der Waals surface area (Å²) in [6.07, 6.45) is 1.97. The molecule has 6 rings (SSSR count). The largest absolute Gasteiger partial charge is 0.398 e. The fourth-order valence-corrected chi connectivity index (χ4v) is 7.89. The van der Waals surface area contributed by atoms with Crippen LogP contribution in [0, 0.1) is 0 Å². The highest BCUT2D eigenvalue weighted by Crippen LogP contribution is 2.45. The van der Waals surface area contributed by atoms with Crippen LogP contribution in [0.25, 0.3) is 0 Å². The molecule has 11 heteroatoms. The maximum absolute atomic E-state index is 14.6. The minimum absolute atomic E-state index is 0.00363. The summed E-state index contributed by atoms with van der Waals surface area (Å²) in [6, 6.07) is 3.35. The summed E-state index contributed by atoms with van der Waals surface area (Å²) in [5.41, 5.74) is 16.7. The lowest BCUT2D eigenvalue weighted by atomic mass is 9.93. The van der Waals surface area contributed by atoms with E-state index in [0.717, 1.165) is 11.1 Å². The molecule has 4 heterocycles. The molecule has 4 N–H and O–H groups in total. The Morgan fingerprint density at radius 2 is 1.26 bits per heavy atom. The number of hydrogen-bond donors (Lipinski definition) is 2. The highest BCUT2D eigenvalue weighted by molar-refractivity contribution is 9.11. The van der Waals surface area contributed by atoms with Crippen molar-refractivity contribution in [2.75, 3.05) is 37.9 Å². The third kappa shape index (κ3) is 5.01. The molecular weight excluding hydrogens is 604 g/mol. The van der Waals surface area contributed by atoms with Crippen molar-refractivity contribution in [2.45, 2.75) is 59.9 Å². The van der Waals surface area contributed by atoms with Gasteiger partial charge in [-0.25, -0.2) is 8.42 Å². The first-order valence-electron chi connectivity index (χ1n) is 11.6. The maximum atomic E-state index is 14.6. The minimum Gasteiger partial charge on any atom is -0.398 e. The quantitative estimate of drug-likeness (QED) is 0.302. The van der Waals surface area contributed by atoms with Gasteiger partial charge in [0.1, 0.15) is 0 Å². The molecule has 2 aromatic rings. The molecule has 4 aliphatic heterocycles. The second kappa shape index (κ2) is 8.97. The number of ether oxygens (including phenoxy) is 4. The molecule has 0 aromatic heterocycles. The van der Waals surface area contributed by atoms with Crippen molar-refractivity contribution in [1.82, 2.24) is 0 Å². The lowest BCUT2D eigenvalue weighted by Crippen LogP contribution is -2.19. The molecule has 4 fully saturated rings. The zero-order valence-corrected chi connectivity index (χ0v) is 22.9. The van der Waals surface area contributed by atoms with E-state index in [0.29, 0.717) is 88.5 Å². The molecule has 0 aliphatic carbocycles. The molecule has 4 saturated heterocycles. The summed E-state index contributed by atoms with van der Waals surface area (Å²) < 4.78 is 52.3. The van der Waals surface area contributed by atoms with Crippen LogP contribution in [0.5, 0.6) is 0 Å². The van der Waals surface area contributed by atoms with Gasteiger partial charge in [0, 0.05) is 46.0 Å². The van der Waals surface area contributed by atoms with E-state index in [1.54, 1.807) is 12.1 Å². The Morgan fingerprint density at radius 3 is 1.80 bits per heavy atom. The van der Waals surface area contributed by atoms with Crippen LogP contribution in [0.15, 0.2) is 30.9 Å². The summed E-state index contributed by atoms with van der Waals surface area (Å²) in [5.74, 6) is 0. The first-order chi connectivity index (χ1) is 16.7. The summed E-state index contributed by atoms with van der Waals surface area (Å²) >= 11 is 7.10. The van der Waals surface area contributed by atoms with Gasteiger partial charge >= 0.3 is 0 Å². The first-order valence-corrected chi connectivity index (χ1v) is 14.7. The van der Waals surface area contributed by atoms with Gasteiger partial charge in [-0.1, -0.05) is 0 Å². The molecule has 0 saturated carbocycles. The highest BCUT2D eigenvalue weighted by Gasteiger charge is 2.39. The smallest absolute Gasteiger partial charge is 0.207 e. The van der Waals surface area contributed by atoms with Crippen LogP contribution >= 0.6 is 31.9 Å².